The normalized spacial score (nSPS) is 11.4. The van der Waals surface area contributed by atoms with Crippen LogP contribution in [0.1, 0.15) is 11.1 Å². The maximum Gasteiger partial charge on any atom is 0.408 e. The lowest BCUT2D eigenvalue weighted by atomic mass is 10.1. The number of nitrogens with one attached hydrogen (secondary N) is 1. The van der Waals surface area contributed by atoms with E-state index < -0.39 is 18.1 Å². The van der Waals surface area contributed by atoms with Crippen molar-refractivity contribution in [2.45, 2.75) is 19.1 Å². The lowest BCUT2D eigenvalue weighted by Crippen LogP contribution is -2.42. The number of ether oxygens (including phenoxy) is 2. The summed E-state index contributed by atoms with van der Waals surface area (Å²) in [4.78, 5) is 23.2. The molecule has 2 aromatic rings. The van der Waals surface area contributed by atoms with Gasteiger partial charge >= 0.3 is 12.1 Å². The van der Waals surface area contributed by atoms with E-state index in [9.17, 15) is 19.8 Å². The highest BCUT2D eigenvalue weighted by atomic mass is 16.5. The molecule has 0 aliphatic rings. The van der Waals surface area contributed by atoms with E-state index in [1.54, 1.807) is 18.2 Å². The first-order valence-electron chi connectivity index (χ1n) is 7.55. The molecule has 132 valence electrons. The van der Waals surface area contributed by atoms with Gasteiger partial charge in [-0.25, -0.2) is 9.59 Å². The molecule has 0 saturated heterocycles. The summed E-state index contributed by atoms with van der Waals surface area (Å²) in [6.07, 6.45) is -0.797. The van der Waals surface area contributed by atoms with Crippen molar-refractivity contribution in [2.75, 3.05) is 7.11 Å². The smallest absolute Gasteiger partial charge is 0.408 e. The maximum absolute atomic E-state index is 11.8. The Morgan fingerprint density at radius 1 is 1.12 bits per heavy atom. The number of carbonyl (C=O) groups excluding carboxylic acids is 1. The van der Waals surface area contributed by atoms with Crippen LogP contribution in [0.15, 0.2) is 48.5 Å². The first kappa shape index (κ1) is 18.1. The number of carboxylic acids is 1. The van der Waals surface area contributed by atoms with Crippen molar-refractivity contribution >= 4 is 12.1 Å². The Bertz CT molecular complexity index is 732. The van der Waals surface area contributed by atoms with Crippen LogP contribution in [0.2, 0.25) is 0 Å². The minimum absolute atomic E-state index is 0.0202. The molecule has 0 fully saturated rings. The number of phenols is 1. The molecule has 7 heteroatoms. The van der Waals surface area contributed by atoms with Crippen LogP contribution in [0, 0.1) is 0 Å². The van der Waals surface area contributed by atoms with Gasteiger partial charge < -0.3 is 25.0 Å². The fourth-order valence-corrected chi connectivity index (χ4v) is 2.19. The van der Waals surface area contributed by atoms with Crippen molar-refractivity contribution < 1.29 is 29.3 Å². The zero-order valence-electron chi connectivity index (χ0n) is 13.6. The monoisotopic (exact) mass is 345 g/mol. The molecule has 0 aromatic heterocycles. The number of phenolic OH excluding ortho intramolecular Hbond substituents is 1. The van der Waals surface area contributed by atoms with E-state index in [0.717, 1.165) is 5.56 Å². The molecule has 1 amide bonds. The molecule has 0 aliphatic heterocycles. The molecule has 0 radical (unpaired) electrons. The van der Waals surface area contributed by atoms with Gasteiger partial charge in [-0.1, -0.05) is 36.4 Å². The summed E-state index contributed by atoms with van der Waals surface area (Å²) in [6.45, 7) is 0.0477. The van der Waals surface area contributed by atoms with E-state index >= 15 is 0 Å². The van der Waals surface area contributed by atoms with Crippen LogP contribution in [-0.2, 0) is 22.6 Å². The van der Waals surface area contributed by atoms with Crippen molar-refractivity contribution in [1.29, 1.82) is 0 Å². The number of methoxy groups -OCH3 is 1. The number of aliphatic carboxylic acids is 1. The number of carbonyl (C=O) groups is 2. The maximum atomic E-state index is 11.8. The standard InChI is InChI=1S/C18H19NO6/c1-24-16-10-13(7-8-15(16)20)9-14(17(21)22)19-18(23)25-11-12-5-3-2-4-6-12/h2-8,10,14,20H,9,11H2,1H3,(H,19,23)(H,21,22)/t14-/m0/s1. The zero-order valence-corrected chi connectivity index (χ0v) is 13.6. The number of hydrogen-bond donors (Lipinski definition) is 3. The van der Waals surface area contributed by atoms with E-state index in [0.29, 0.717) is 5.56 Å². The minimum atomic E-state index is -1.19. The third kappa shape index (κ3) is 5.42. The molecule has 2 rings (SSSR count). The first-order valence-corrected chi connectivity index (χ1v) is 7.55. The fourth-order valence-electron chi connectivity index (χ4n) is 2.19. The lowest BCUT2D eigenvalue weighted by Gasteiger charge is -2.15. The van der Waals surface area contributed by atoms with Crippen LogP contribution in [0.5, 0.6) is 11.5 Å². The third-order valence-electron chi connectivity index (χ3n) is 3.49. The molecular weight excluding hydrogens is 326 g/mol. The summed E-state index contributed by atoms with van der Waals surface area (Å²) in [5.41, 5.74) is 1.39. The molecule has 0 heterocycles. The summed E-state index contributed by atoms with van der Waals surface area (Å²) in [7, 11) is 1.40. The molecule has 0 aliphatic carbocycles. The van der Waals surface area contributed by atoms with E-state index in [4.69, 9.17) is 9.47 Å². The average molecular weight is 345 g/mol. The molecule has 0 spiro atoms. The SMILES string of the molecule is COc1cc(C[C@H](NC(=O)OCc2ccccc2)C(=O)O)ccc1O. The fraction of sp³-hybridized carbons (Fsp3) is 0.222. The largest absolute Gasteiger partial charge is 0.504 e. The molecule has 0 bridgehead atoms. The second-order valence-electron chi connectivity index (χ2n) is 5.31. The van der Waals surface area contributed by atoms with Crippen LogP contribution in [-0.4, -0.2) is 35.4 Å². The molecule has 0 saturated carbocycles. The van der Waals surface area contributed by atoms with Crippen molar-refractivity contribution in [3.05, 3.63) is 59.7 Å². The van der Waals surface area contributed by atoms with Crippen molar-refractivity contribution in [3.63, 3.8) is 0 Å². The summed E-state index contributed by atoms with van der Waals surface area (Å²) in [5, 5.41) is 21.2. The highest BCUT2D eigenvalue weighted by molar-refractivity contribution is 5.80. The number of amides is 1. The van der Waals surface area contributed by atoms with Gasteiger partial charge in [0.25, 0.3) is 0 Å². The third-order valence-corrected chi connectivity index (χ3v) is 3.49. The highest BCUT2D eigenvalue weighted by Crippen LogP contribution is 2.26. The number of carboxylic acid groups (broad SMARTS) is 1. The van der Waals surface area contributed by atoms with Gasteiger partial charge in [0.05, 0.1) is 7.11 Å². The topological polar surface area (TPSA) is 105 Å². The second kappa shape index (κ2) is 8.58. The highest BCUT2D eigenvalue weighted by Gasteiger charge is 2.21. The number of hydrogen-bond acceptors (Lipinski definition) is 5. The van der Waals surface area contributed by atoms with Crippen molar-refractivity contribution in [1.82, 2.24) is 5.32 Å². The Labute approximate surface area is 144 Å². The first-order chi connectivity index (χ1) is 12.0. The second-order valence-corrected chi connectivity index (χ2v) is 5.31. The van der Waals surface area contributed by atoms with Gasteiger partial charge in [0, 0.05) is 6.42 Å². The van der Waals surface area contributed by atoms with Crippen LogP contribution < -0.4 is 10.1 Å². The minimum Gasteiger partial charge on any atom is -0.504 e. The number of rotatable bonds is 7. The molecular formula is C18H19NO6. The van der Waals surface area contributed by atoms with Gasteiger partial charge in [0.1, 0.15) is 12.6 Å². The van der Waals surface area contributed by atoms with Crippen LogP contribution >= 0.6 is 0 Å². The molecule has 3 N–H and O–H groups in total. The number of benzene rings is 2. The molecule has 0 unspecified atom stereocenters. The van der Waals surface area contributed by atoms with Crippen LogP contribution in [0.3, 0.4) is 0 Å². The summed E-state index contributed by atoms with van der Waals surface area (Å²) in [6, 6.07) is 12.4. The Morgan fingerprint density at radius 3 is 2.48 bits per heavy atom. The van der Waals surface area contributed by atoms with Crippen molar-refractivity contribution in [2.24, 2.45) is 0 Å². The predicted molar refractivity (Wildman–Crippen MR) is 89.5 cm³/mol. The van der Waals surface area contributed by atoms with Gasteiger partial charge in [0.2, 0.25) is 0 Å². The van der Waals surface area contributed by atoms with Gasteiger partial charge in [-0.05, 0) is 23.3 Å². The lowest BCUT2D eigenvalue weighted by molar-refractivity contribution is -0.139. The molecule has 2 aromatic carbocycles. The van der Waals surface area contributed by atoms with Gasteiger partial charge in [0.15, 0.2) is 11.5 Å². The average Bonchev–Trinajstić information content (AvgIpc) is 2.61. The number of aromatic hydroxyl groups is 1. The molecule has 1 atom stereocenters. The summed E-state index contributed by atoms with van der Waals surface area (Å²) < 4.78 is 10.0. The van der Waals surface area contributed by atoms with E-state index in [1.807, 2.05) is 18.2 Å². The zero-order chi connectivity index (χ0) is 18.2. The quantitative estimate of drug-likeness (QED) is 0.711. The predicted octanol–water partition coefficient (Wildman–Crippen LogP) is 2.32. The molecule has 25 heavy (non-hydrogen) atoms. The Hall–Kier alpha value is -3.22. The summed E-state index contributed by atoms with van der Waals surface area (Å²) in [5.74, 6) is -1.01. The van der Waals surface area contributed by atoms with E-state index in [-0.39, 0.29) is 24.5 Å². The van der Waals surface area contributed by atoms with Gasteiger partial charge in [-0.2, -0.15) is 0 Å². The van der Waals surface area contributed by atoms with Gasteiger partial charge in [-0.15, -0.1) is 0 Å². The molecule has 7 nitrogen and oxygen atoms in total. The van der Waals surface area contributed by atoms with Gasteiger partial charge in [-0.3, -0.25) is 0 Å². The Balaban J connectivity index is 1.96. The van der Waals surface area contributed by atoms with Crippen LogP contribution in [0.25, 0.3) is 0 Å². The van der Waals surface area contributed by atoms with Crippen molar-refractivity contribution in [3.8, 4) is 11.5 Å². The number of alkyl carbamates (subject to hydrolysis) is 1. The van der Waals surface area contributed by atoms with Crippen LogP contribution in [0.4, 0.5) is 4.79 Å². The Kier molecular flexibility index (Phi) is 6.22. The van der Waals surface area contributed by atoms with E-state index in [1.165, 1.54) is 19.2 Å². The van der Waals surface area contributed by atoms with E-state index in [2.05, 4.69) is 5.32 Å². The summed E-state index contributed by atoms with van der Waals surface area (Å²) >= 11 is 0. The Morgan fingerprint density at radius 2 is 1.84 bits per heavy atom.